The van der Waals surface area contributed by atoms with Crippen molar-refractivity contribution in [2.45, 2.75) is 25.3 Å². The van der Waals surface area contributed by atoms with Crippen LogP contribution in [0, 0.1) is 11.8 Å². The van der Waals surface area contributed by atoms with E-state index in [1.54, 1.807) is 0 Å². The molecule has 3 nitrogen and oxygen atoms in total. The zero-order chi connectivity index (χ0) is 11.0. The van der Waals surface area contributed by atoms with Crippen LogP contribution < -0.4 is 5.32 Å². The molecule has 3 atom stereocenters. The van der Waals surface area contributed by atoms with Crippen LogP contribution in [0.25, 0.3) is 0 Å². The minimum absolute atomic E-state index is 0.733. The van der Waals surface area contributed by atoms with Gasteiger partial charge in [-0.25, -0.2) is 0 Å². The molecule has 1 fully saturated rings. The number of aromatic nitrogens is 2. The minimum Gasteiger partial charge on any atom is -0.313 e. The van der Waals surface area contributed by atoms with Gasteiger partial charge in [0.05, 0.1) is 0 Å². The zero-order valence-corrected chi connectivity index (χ0v) is 9.76. The first-order chi connectivity index (χ1) is 7.84. The molecular weight excluding hydrogens is 198 g/mol. The molecule has 86 valence electrons. The monoisotopic (exact) mass is 217 g/mol. The summed E-state index contributed by atoms with van der Waals surface area (Å²) in [6, 6.07) is 2.83. The summed E-state index contributed by atoms with van der Waals surface area (Å²) in [5, 5.41) is 7.84. The van der Waals surface area contributed by atoms with Crippen molar-refractivity contribution in [2.75, 3.05) is 6.54 Å². The van der Waals surface area contributed by atoms with Gasteiger partial charge in [0, 0.05) is 37.9 Å². The van der Waals surface area contributed by atoms with Crippen molar-refractivity contribution in [1.82, 2.24) is 15.1 Å². The Balaban J connectivity index is 1.44. The van der Waals surface area contributed by atoms with Gasteiger partial charge in [0.15, 0.2) is 0 Å². The standard InChI is InChI=1S/C13H19N3/c1-16-11(6-8-15-16)5-7-14-13-9-10-3-2-4-12(10)13/h2,4,6,8,10,12-14H,3,5,7,9H2,1H3. The average Bonchev–Trinajstić information content (AvgIpc) is 2.81. The first-order valence-electron chi connectivity index (χ1n) is 6.21. The number of nitrogens with one attached hydrogen (secondary N) is 1. The summed E-state index contributed by atoms with van der Waals surface area (Å²) in [5.74, 6) is 1.78. The fourth-order valence-electron chi connectivity index (χ4n) is 2.98. The molecule has 0 bridgehead atoms. The second-order valence-corrected chi connectivity index (χ2v) is 4.99. The molecule has 0 radical (unpaired) electrons. The highest BCUT2D eigenvalue weighted by atomic mass is 15.3. The molecule has 0 amide bonds. The average molecular weight is 217 g/mol. The highest BCUT2D eigenvalue weighted by Crippen LogP contribution is 2.42. The summed E-state index contributed by atoms with van der Waals surface area (Å²) in [4.78, 5) is 0. The summed E-state index contributed by atoms with van der Waals surface area (Å²) >= 11 is 0. The summed E-state index contributed by atoms with van der Waals surface area (Å²) in [6.45, 7) is 1.07. The predicted molar refractivity (Wildman–Crippen MR) is 64.1 cm³/mol. The largest absolute Gasteiger partial charge is 0.313 e. The van der Waals surface area contributed by atoms with Crippen molar-refractivity contribution in [1.29, 1.82) is 0 Å². The molecule has 2 aliphatic carbocycles. The summed E-state index contributed by atoms with van der Waals surface area (Å²) < 4.78 is 1.96. The van der Waals surface area contributed by atoms with Gasteiger partial charge >= 0.3 is 0 Å². The van der Waals surface area contributed by atoms with Crippen LogP contribution in [0.1, 0.15) is 18.5 Å². The fourth-order valence-corrected chi connectivity index (χ4v) is 2.98. The molecule has 16 heavy (non-hydrogen) atoms. The molecule has 1 heterocycles. The van der Waals surface area contributed by atoms with Gasteiger partial charge in [-0.2, -0.15) is 5.10 Å². The Labute approximate surface area is 96.5 Å². The Morgan fingerprint density at radius 3 is 3.25 bits per heavy atom. The highest BCUT2D eigenvalue weighted by molar-refractivity contribution is 5.13. The van der Waals surface area contributed by atoms with Crippen LogP contribution in [0.15, 0.2) is 24.4 Å². The molecule has 1 aromatic rings. The Bertz CT molecular complexity index is 394. The van der Waals surface area contributed by atoms with Crippen molar-refractivity contribution in [3.63, 3.8) is 0 Å². The molecule has 0 spiro atoms. The van der Waals surface area contributed by atoms with Gasteiger partial charge in [-0.05, 0) is 30.7 Å². The van der Waals surface area contributed by atoms with Crippen molar-refractivity contribution in [2.24, 2.45) is 18.9 Å². The molecule has 3 rings (SSSR count). The number of rotatable bonds is 4. The van der Waals surface area contributed by atoms with E-state index in [2.05, 4.69) is 28.6 Å². The number of allylic oxidation sites excluding steroid dienone is 1. The first-order valence-corrected chi connectivity index (χ1v) is 6.21. The van der Waals surface area contributed by atoms with Gasteiger partial charge in [0.25, 0.3) is 0 Å². The van der Waals surface area contributed by atoms with Gasteiger partial charge in [-0.1, -0.05) is 12.2 Å². The van der Waals surface area contributed by atoms with Gasteiger partial charge in [-0.15, -0.1) is 0 Å². The molecule has 1 N–H and O–H groups in total. The van der Waals surface area contributed by atoms with Crippen LogP contribution >= 0.6 is 0 Å². The zero-order valence-electron chi connectivity index (χ0n) is 9.76. The lowest BCUT2D eigenvalue weighted by atomic mass is 9.71. The molecule has 0 aliphatic heterocycles. The summed E-state index contributed by atoms with van der Waals surface area (Å²) in [7, 11) is 2.01. The van der Waals surface area contributed by atoms with Crippen LogP contribution in [0.4, 0.5) is 0 Å². The van der Waals surface area contributed by atoms with E-state index in [4.69, 9.17) is 0 Å². The summed E-state index contributed by atoms with van der Waals surface area (Å²) in [6.07, 6.45) is 10.4. The highest BCUT2D eigenvalue weighted by Gasteiger charge is 2.40. The lowest BCUT2D eigenvalue weighted by Gasteiger charge is -2.40. The Kier molecular flexibility index (Phi) is 2.56. The maximum Gasteiger partial charge on any atom is 0.0492 e. The third kappa shape index (κ3) is 1.69. The molecule has 0 saturated heterocycles. The molecule has 0 aromatic carbocycles. The van der Waals surface area contributed by atoms with E-state index in [1.807, 2.05) is 17.9 Å². The fraction of sp³-hybridized carbons (Fsp3) is 0.615. The molecule has 3 unspecified atom stereocenters. The van der Waals surface area contributed by atoms with E-state index in [0.29, 0.717) is 0 Å². The van der Waals surface area contributed by atoms with E-state index in [9.17, 15) is 0 Å². The van der Waals surface area contributed by atoms with E-state index in [1.165, 1.54) is 18.5 Å². The van der Waals surface area contributed by atoms with Crippen LogP contribution in [-0.4, -0.2) is 22.4 Å². The topological polar surface area (TPSA) is 29.9 Å². The van der Waals surface area contributed by atoms with Crippen LogP contribution in [0.2, 0.25) is 0 Å². The Morgan fingerprint density at radius 2 is 2.50 bits per heavy atom. The number of hydrogen-bond acceptors (Lipinski definition) is 2. The van der Waals surface area contributed by atoms with Crippen LogP contribution in [0.5, 0.6) is 0 Å². The lowest BCUT2D eigenvalue weighted by Crippen LogP contribution is -2.48. The van der Waals surface area contributed by atoms with Crippen molar-refractivity contribution in [3.8, 4) is 0 Å². The van der Waals surface area contributed by atoms with Gasteiger partial charge in [-0.3, -0.25) is 4.68 Å². The minimum atomic E-state index is 0.733. The predicted octanol–water partition coefficient (Wildman–Crippen LogP) is 1.52. The van der Waals surface area contributed by atoms with E-state index in [0.717, 1.165) is 30.8 Å². The molecular formula is C13H19N3. The smallest absolute Gasteiger partial charge is 0.0492 e. The maximum absolute atomic E-state index is 4.18. The van der Waals surface area contributed by atoms with Gasteiger partial charge in [0.1, 0.15) is 0 Å². The third-order valence-electron chi connectivity index (χ3n) is 4.07. The number of fused-ring (bicyclic) bond motifs is 1. The second-order valence-electron chi connectivity index (χ2n) is 4.99. The van der Waals surface area contributed by atoms with Crippen molar-refractivity contribution in [3.05, 3.63) is 30.1 Å². The quantitative estimate of drug-likeness (QED) is 0.775. The molecule has 1 saturated carbocycles. The lowest BCUT2D eigenvalue weighted by molar-refractivity contribution is 0.164. The van der Waals surface area contributed by atoms with Crippen LogP contribution in [-0.2, 0) is 13.5 Å². The number of aryl methyl sites for hydroxylation is 1. The molecule has 1 aromatic heterocycles. The molecule has 2 aliphatic rings. The first kappa shape index (κ1) is 10.1. The van der Waals surface area contributed by atoms with Crippen molar-refractivity contribution < 1.29 is 0 Å². The third-order valence-corrected chi connectivity index (χ3v) is 4.07. The SMILES string of the molecule is Cn1nccc1CCNC1CC2CC=CC21. The molecule has 3 heteroatoms. The van der Waals surface area contributed by atoms with E-state index >= 15 is 0 Å². The Morgan fingerprint density at radius 1 is 1.56 bits per heavy atom. The second kappa shape index (κ2) is 4.06. The number of hydrogen-bond donors (Lipinski definition) is 1. The van der Waals surface area contributed by atoms with E-state index in [-0.39, 0.29) is 0 Å². The van der Waals surface area contributed by atoms with Gasteiger partial charge < -0.3 is 5.32 Å². The number of nitrogens with zero attached hydrogens (tertiary/aromatic N) is 2. The van der Waals surface area contributed by atoms with Gasteiger partial charge in [0.2, 0.25) is 0 Å². The van der Waals surface area contributed by atoms with E-state index < -0.39 is 0 Å². The van der Waals surface area contributed by atoms with Crippen molar-refractivity contribution >= 4 is 0 Å². The van der Waals surface area contributed by atoms with Crippen LogP contribution in [0.3, 0.4) is 0 Å². The maximum atomic E-state index is 4.18. The summed E-state index contributed by atoms with van der Waals surface area (Å²) in [5.41, 5.74) is 1.31. The Hall–Kier alpha value is -1.09. The normalized spacial score (nSPS) is 31.4.